The number of hydrogen-bond donors (Lipinski definition) is 0. The van der Waals surface area contributed by atoms with Crippen molar-refractivity contribution >= 4 is 11.7 Å². The van der Waals surface area contributed by atoms with E-state index in [0.29, 0.717) is 5.82 Å². The van der Waals surface area contributed by atoms with Crippen molar-refractivity contribution in [1.29, 1.82) is 0 Å². The molecule has 1 heterocycles. The van der Waals surface area contributed by atoms with Crippen LogP contribution >= 0.6 is 0 Å². The van der Waals surface area contributed by atoms with Crippen molar-refractivity contribution in [2.45, 2.75) is 0 Å². The predicted molar refractivity (Wildman–Crippen MR) is 49.5 cm³/mol. The van der Waals surface area contributed by atoms with E-state index in [1.165, 1.54) is 12.0 Å². The highest BCUT2D eigenvalue weighted by atomic mass is 16.5. The topological polar surface area (TPSA) is 42.4 Å². The van der Waals surface area contributed by atoms with Crippen LogP contribution in [0, 0.1) is 0 Å². The molecule has 0 aromatic carbocycles. The van der Waals surface area contributed by atoms with Gasteiger partial charge in [0.05, 0.1) is 0 Å². The molecular weight excluding hydrogens is 168 g/mol. The molecule has 1 aromatic rings. The number of amides is 1. The second-order valence-corrected chi connectivity index (χ2v) is 2.57. The molecule has 0 fully saturated rings. The number of likely N-dealkylation sites (N-methyl/N-ethyl adjacent to an activating group) is 1. The Labute approximate surface area is 77.1 Å². The van der Waals surface area contributed by atoms with Gasteiger partial charge in [-0.15, -0.1) is 0 Å². The highest BCUT2D eigenvalue weighted by Crippen LogP contribution is 2.06. The van der Waals surface area contributed by atoms with Gasteiger partial charge in [0.15, 0.2) is 0 Å². The zero-order chi connectivity index (χ0) is 9.68. The average molecular weight is 180 g/mol. The van der Waals surface area contributed by atoms with Crippen LogP contribution in [0.5, 0.6) is 0 Å². The SMILES string of the molecule is COCC(=O)N(C)c1ccccn1. The van der Waals surface area contributed by atoms with E-state index in [-0.39, 0.29) is 12.5 Å². The number of ether oxygens (including phenoxy) is 1. The maximum atomic E-state index is 11.3. The lowest BCUT2D eigenvalue weighted by atomic mass is 10.4. The first-order valence-corrected chi connectivity index (χ1v) is 3.92. The Morgan fingerprint density at radius 2 is 2.38 bits per heavy atom. The third kappa shape index (κ3) is 2.52. The molecule has 4 heteroatoms. The zero-order valence-corrected chi connectivity index (χ0v) is 7.73. The van der Waals surface area contributed by atoms with Gasteiger partial charge in [-0.25, -0.2) is 4.98 Å². The number of aromatic nitrogens is 1. The number of carbonyl (C=O) groups is 1. The van der Waals surface area contributed by atoms with Gasteiger partial charge in [0.1, 0.15) is 12.4 Å². The molecule has 1 amide bonds. The van der Waals surface area contributed by atoms with Crippen molar-refractivity contribution in [2.75, 3.05) is 25.7 Å². The van der Waals surface area contributed by atoms with Gasteiger partial charge in [0.25, 0.3) is 5.91 Å². The molecule has 0 saturated heterocycles. The molecule has 0 unspecified atom stereocenters. The largest absolute Gasteiger partial charge is 0.375 e. The van der Waals surface area contributed by atoms with Gasteiger partial charge in [0.2, 0.25) is 0 Å². The molecule has 0 saturated carbocycles. The Hall–Kier alpha value is -1.42. The second-order valence-electron chi connectivity index (χ2n) is 2.57. The fourth-order valence-corrected chi connectivity index (χ4v) is 0.900. The van der Waals surface area contributed by atoms with Gasteiger partial charge in [-0.2, -0.15) is 0 Å². The molecule has 1 rings (SSSR count). The molecule has 0 radical (unpaired) electrons. The molecule has 0 N–H and O–H groups in total. The maximum Gasteiger partial charge on any atom is 0.253 e. The first-order chi connectivity index (χ1) is 6.25. The van der Waals surface area contributed by atoms with E-state index in [0.717, 1.165) is 0 Å². The van der Waals surface area contributed by atoms with Crippen LogP contribution in [-0.4, -0.2) is 31.7 Å². The molecule has 70 valence electrons. The molecule has 13 heavy (non-hydrogen) atoms. The summed E-state index contributed by atoms with van der Waals surface area (Å²) in [5.41, 5.74) is 0. The number of nitrogens with zero attached hydrogens (tertiary/aromatic N) is 2. The molecule has 0 spiro atoms. The van der Waals surface area contributed by atoms with Crippen LogP contribution in [0.15, 0.2) is 24.4 Å². The summed E-state index contributed by atoms with van der Waals surface area (Å²) in [6.07, 6.45) is 1.64. The van der Waals surface area contributed by atoms with Crippen LogP contribution in [0.3, 0.4) is 0 Å². The molecule has 1 aromatic heterocycles. The summed E-state index contributed by atoms with van der Waals surface area (Å²) in [5.74, 6) is 0.519. The number of pyridine rings is 1. The maximum absolute atomic E-state index is 11.3. The molecule has 0 aliphatic heterocycles. The Morgan fingerprint density at radius 3 is 2.92 bits per heavy atom. The fourth-order valence-electron chi connectivity index (χ4n) is 0.900. The summed E-state index contributed by atoms with van der Waals surface area (Å²) in [6, 6.07) is 5.41. The van der Waals surface area contributed by atoms with Crippen molar-refractivity contribution in [3.63, 3.8) is 0 Å². The number of hydrogen-bond acceptors (Lipinski definition) is 3. The summed E-state index contributed by atoms with van der Waals surface area (Å²) >= 11 is 0. The number of carbonyl (C=O) groups excluding carboxylic acids is 1. The van der Waals surface area contributed by atoms with E-state index in [1.54, 1.807) is 25.4 Å². The smallest absolute Gasteiger partial charge is 0.253 e. The standard InChI is InChI=1S/C9H12N2O2/c1-11(9(12)7-13-2)8-5-3-4-6-10-8/h3-6H,7H2,1-2H3. The number of anilines is 1. The lowest BCUT2D eigenvalue weighted by molar-refractivity contribution is -0.121. The van der Waals surface area contributed by atoms with Crippen LogP contribution in [0.25, 0.3) is 0 Å². The second kappa shape index (κ2) is 4.57. The molecule has 4 nitrogen and oxygen atoms in total. The summed E-state index contributed by atoms with van der Waals surface area (Å²) in [4.78, 5) is 16.8. The van der Waals surface area contributed by atoms with E-state index in [4.69, 9.17) is 4.74 Å². The molecular formula is C9H12N2O2. The quantitative estimate of drug-likeness (QED) is 0.687. The monoisotopic (exact) mass is 180 g/mol. The van der Waals surface area contributed by atoms with Gasteiger partial charge < -0.3 is 4.74 Å². The van der Waals surface area contributed by atoms with E-state index in [1.807, 2.05) is 6.07 Å². The highest BCUT2D eigenvalue weighted by molar-refractivity contribution is 5.92. The van der Waals surface area contributed by atoms with Crippen LogP contribution in [-0.2, 0) is 9.53 Å². The third-order valence-corrected chi connectivity index (χ3v) is 1.63. The lowest BCUT2D eigenvalue weighted by Gasteiger charge is -2.14. The van der Waals surface area contributed by atoms with Gasteiger partial charge in [-0.05, 0) is 12.1 Å². The molecule has 0 aliphatic carbocycles. The van der Waals surface area contributed by atoms with E-state index in [2.05, 4.69) is 4.98 Å². The Bertz CT molecular complexity index is 274. The number of rotatable bonds is 3. The van der Waals surface area contributed by atoms with Crippen LogP contribution < -0.4 is 4.90 Å². The van der Waals surface area contributed by atoms with Gasteiger partial charge in [-0.1, -0.05) is 6.07 Å². The van der Waals surface area contributed by atoms with Gasteiger partial charge >= 0.3 is 0 Å². The molecule has 0 atom stereocenters. The first-order valence-electron chi connectivity index (χ1n) is 3.92. The van der Waals surface area contributed by atoms with Crippen LogP contribution in [0.2, 0.25) is 0 Å². The van der Waals surface area contributed by atoms with Crippen molar-refractivity contribution < 1.29 is 9.53 Å². The number of methoxy groups -OCH3 is 1. The molecule has 0 aliphatic rings. The van der Waals surface area contributed by atoms with Crippen molar-refractivity contribution in [1.82, 2.24) is 4.98 Å². The Kier molecular flexibility index (Phi) is 3.40. The van der Waals surface area contributed by atoms with Gasteiger partial charge in [0, 0.05) is 20.4 Å². The minimum atomic E-state index is -0.110. The van der Waals surface area contributed by atoms with E-state index >= 15 is 0 Å². The third-order valence-electron chi connectivity index (χ3n) is 1.63. The van der Waals surface area contributed by atoms with E-state index in [9.17, 15) is 4.79 Å². The predicted octanol–water partition coefficient (Wildman–Crippen LogP) is 0.691. The highest BCUT2D eigenvalue weighted by Gasteiger charge is 2.09. The van der Waals surface area contributed by atoms with Crippen LogP contribution in [0.4, 0.5) is 5.82 Å². The van der Waals surface area contributed by atoms with Gasteiger partial charge in [-0.3, -0.25) is 9.69 Å². The van der Waals surface area contributed by atoms with Crippen molar-refractivity contribution in [2.24, 2.45) is 0 Å². The normalized spacial score (nSPS) is 9.69. The van der Waals surface area contributed by atoms with Crippen LogP contribution in [0.1, 0.15) is 0 Å². The molecule has 0 bridgehead atoms. The summed E-state index contributed by atoms with van der Waals surface area (Å²) < 4.78 is 4.73. The van der Waals surface area contributed by atoms with E-state index < -0.39 is 0 Å². The fraction of sp³-hybridized carbons (Fsp3) is 0.333. The summed E-state index contributed by atoms with van der Waals surface area (Å²) in [7, 11) is 3.16. The Morgan fingerprint density at radius 1 is 1.62 bits per heavy atom. The summed E-state index contributed by atoms with van der Waals surface area (Å²) in [6.45, 7) is 0.0765. The average Bonchev–Trinajstić information content (AvgIpc) is 2.18. The Balaban J connectivity index is 2.68. The van der Waals surface area contributed by atoms with Crippen molar-refractivity contribution in [3.8, 4) is 0 Å². The zero-order valence-electron chi connectivity index (χ0n) is 7.73. The first kappa shape index (κ1) is 9.67. The minimum absolute atomic E-state index is 0.0765. The minimum Gasteiger partial charge on any atom is -0.375 e. The van der Waals surface area contributed by atoms with Crippen molar-refractivity contribution in [3.05, 3.63) is 24.4 Å². The lowest BCUT2D eigenvalue weighted by Crippen LogP contribution is -2.30. The summed E-state index contributed by atoms with van der Waals surface area (Å²) in [5, 5.41) is 0.